The van der Waals surface area contributed by atoms with Crippen LogP contribution in [-0.2, 0) is 23.5 Å². The minimum Gasteiger partial charge on any atom is -0.493 e. The third kappa shape index (κ3) is 4.57. The number of likely N-dealkylation sites (N-methyl/N-ethyl adjacent to an activating group) is 1. The van der Waals surface area contributed by atoms with E-state index in [1.807, 2.05) is 21.0 Å². The molecule has 178 valence electrons. The lowest BCUT2D eigenvalue weighted by Gasteiger charge is -2.31. The van der Waals surface area contributed by atoms with Crippen molar-refractivity contribution in [3.63, 3.8) is 0 Å². The van der Waals surface area contributed by atoms with Gasteiger partial charge in [-0.3, -0.25) is 4.68 Å². The quantitative estimate of drug-likeness (QED) is 0.468. The van der Waals surface area contributed by atoms with Gasteiger partial charge in [-0.1, -0.05) is 24.9 Å². The number of hydrogen-bond donors (Lipinski definition) is 0. The molecule has 4 rings (SSSR count). The molecule has 1 aliphatic heterocycles. The van der Waals surface area contributed by atoms with E-state index in [4.69, 9.17) is 21.3 Å². The molecule has 3 aromatic rings. The fraction of sp³-hybridized carbons (Fsp3) is 0.500. The number of aryl methyl sites for hydroxylation is 2. The molecular weight excluding hydrogens is 464 g/mol. The van der Waals surface area contributed by atoms with Crippen LogP contribution >= 0.6 is 11.6 Å². The van der Waals surface area contributed by atoms with E-state index in [9.17, 15) is 8.42 Å². The maximum atomic E-state index is 13.4. The fourth-order valence-electron chi connectivity index (χ4n) is 4.02. The molecule has 3 heterocycles. The Balaban J connectivity index is 1.84. The number of piperazine rings is 1. The third-order valence-electron chi connectivity index (χ3n) is 5.79. The van der Waals surface area contributed by atoms with Gasteiger partial charge in [0.15, 0.2) is 11.0 Å². The Bertz CT molecular complexity index is 1270. The van der Waals surface area contributed by atoms with Gasteiger partial charge in [0, 0.05) is 33.2 Å². The molecular formula is C22H29ClN6O3S. The lowest BCUT2D eigenvalue weighted by molar-refractivity contribution is 0.222. The summed E-state index contributed by atoms with van der Waals surface area (Å²) in [5, 5.41) is 4.82. The monoisotopic (exact) mass is 492 g/mol. The van der Waals surface area contributed by atoms with Gasteiger partial charge in [-0.2, -0.15) is 9.40 Å². The van der Waals surface area contributed by atoms with Crippen LogP contribution in [0.2, 0.25) is 5.15 Å². The predicted molar refractivity (Wildman–Crippen MR) is 128 cm³/mol. The van der Waals surface area contributed by atoms with E-state index in [0.29, 0.717) is 61.0 Å². The second kappa shape index (κ2) is 9.54. The van der Waals surface area contributed by atoms with Crippen molar-refractivity contribution in [1.29, 1.82) is 0 Å². The lowest BCUT2D eigenvalue weighted by Crippen LogP contribution is -2.47. The maximum Gasteiger partial charge on any atom is 0.243 e. The van der Waals surface area contributed by atoms with Crippen LogP contribution in [0.5, 0.6) is 5.75 Å². The van der Waals surface area contributed by atoms with Crippen LogP contribution in [0.15, 0.2) is 23.1 Å². The van der Waals surface area contributed by atoms with Crippen molar-refractivity contribution >= 4 is 32.7 Å². The van der Waals surface area contributed by atoms with Crippen molar-refractivity contribution in [2.24, 2.45) is 7.05 Å². The molecule has 0 atom stereocenters. The second-order valence-electron chi connectivity index (χ2n) is 8.15. The highest BCUT2D eigenvalue weighted by Crippen LogP contribution is 2.34. The zero-order valence-electron chi connectivity index (χ0n) is 19.4. The highest BCUT2D eigenvalue weighted by Gasteiger charge is 2.29. The number of halogens is 1. The molecule has 0 saturated carbocycles. The Morgan fingerprint density at radius 2 is 1.82 bits per heavy atom. The molecule has 1 aromatic carbocycles. The SMILES string of the molecule is CCCc1nn(C)c2c(Cl)nc(-c3cc(S(=O)(=O)N4CCN(C)CC4)ccc3OCC)nc12. The van der Waals surface area contributed by atoms with Gasteiger partial charge < -0.3 is 9.64 Å². The van der Waals surface area contributed by atoms with E-state index in [0.717, 1.165) is 18.5 Å². The fourth-order valence-corrected chi connectivity index (χ4v) is 5.76. The first-order chi connectivity index (χ1) is 15.8. The van der Waals surface area contributed by atoms with Crippen LogP contribution in [0, 0.1) is 0 Å². The first-order valence-corrected chi connectivity index (χ1v) is 12.9. The average molecular weight is 493 g/mol. The number of hydrogen-bond acceptors (Lipinski definition) is 7. The van der Waals surface area contributed by atoms with E-state index in [1.165, 1.54) is 4.31 Å². The van der Waals surface area contributed by atoms with E-state index in [1.54, 1.807) is 22.9 Å². The molecule has 1 aliphatic rings. The van der Waals surface area contributed by atoms with Crippen molar-refractivity contribution in [1.82, 2.24) is 29.0 Å². The third-order valence-corrected chi connectivity index (χ3v) is 7.95. The van der Waals surface area contributed by atoms with Gasteiger partial charge in [0.25, 0.3) is 0 Å². The summed E-state index contributed by atoms with van der Waals surface area (Å²) in [6.07, 6.45) is 1.66. The molecule has 1 fully saturated rings. The number of fused-ring (bicyclic) bond motifs is 1. The zero-order chi connectivity index (χ0) is 23.8. The summed E-state index contributed by atoms with van der Waals surface area (Å²) in [6, 6.07) is 4.83. The van der Waals surface area contributed by atoms with Crippen molar-refractivity contribution < 1.29 is 13.2 Å². The molecule has 0 radical (unpaired) electrons. The molecule has 0 N–H and O–H groups in total. The smallest absolute Gasteiger partial charge is 0.243 e. The van der Waals surface area contributed by atoms with Crippen molar-refractivity contribution in [3.05, 3.63) is 29.0 Å². The first-order valence-electron chi connectivity index (χ1n) is 11.1. The summed E-state index contributed by atoms with van der Waals surface area (Å²) in [6.45, 7) is 6.65. The summed E-state index contributed by atoms with van der Waals surface area (Å²) >= 11 is 6.54. The molecule has 11 heteroatoms. The van der Waals surface area contributed by atoms with E-state index < -0.39 is 10.0 Å². The Labute approximate surface area is 199 Å². The molecule has 0 unspecified atom stereocenters. The topological polar surface area (TPSA) is 93.4 Å². The van der Waals surface area contributed by atoms with E-state index >= 15 is 0 Å². The Kier molecular flexibility index (Phi) is 6.90. The summed E-state index contributed by atoms with van der Waals surface area (Å²) < 4.78 is 35.7. The zero-order valence-corrected chi connectivity index (χ0v) is 20.9. The van der Waals surface area contributed by atoms with Crippen LogP contribution in [0.3, 0.4) is 0 Å². The predicted octanol–water partition coefficient (Wildman–Crippen LogP) is 2.97. The molecule has 1 saturated heterocycles. The highest BCUT2D eigenvalue weighted by molar-refractivity contribution is 7.89. The van der Waals surface area contributed by atoms with Gasteiger partial charge in [0.05, 0.1) is 22.8 Å². The average Bonchev–Trinajstić information content (AvgIpc) is 3.10. The van der Waals surface area contributed by atoms with Crippen LogP contribution < -0.4 is 4.74 Å². The Morgan fingerprint density at radius 3 is 2.48 bits per heavy atom. The minimum absolute atomic E-state index is 0.185. The van der Waals surface area contributed by atoms with Gasteiger partial charge in [-0.05, 0) is 38.6 Å². The van der Waals surface area contributed by atoms with Gasteiger partial charge >= 0.3 is 0 Å². The van der Waals surface area contributed by atoms with Gasteiger partial charge in [0.2, 0.25) is 10.0 Å². The largest absolute Gasteiger partial charge is 0.493 e. The molecule has 0 aliphatic carbocycles. The summed E-state index contributed by atoms with van der Waals surface area (Å²) in [7, 11) is 0.131. The van der Waals surface area contributed by atoms with Crippen molar-refractivity contribution in [3.8, 4) is 17.1 Å². The van der Waals surface area contributed by atoms with Gasteiger partial charge in [0.1, 0.15) is 16.8 Å². The first kappa shape index (κ1) is 23.9. The standard InChI is InChI=1S/C22H29ClN6O3S/c1-5-7-17-19-20(28(4)26-17)21(23)25-22(24-19)16-14-15(8-9-18(16)32-6-2)33(30,31)29-12-10-27(3)11-13-29/h8-9,14H,5-7,10-13H2,1-4H3. The normalized spacial score (nSPS) is 15.9. The number of benzene rings is 1. The summed E-state index contributed by atoms with van der Waals surface area (Å²) in [5.41, 5.74) is 2.65. The van der Waals surface area contributed by atoms with E-state index in [2.05, 4.69) is 21.9 Å². The number of nitrogens with zero attached hydrogens (tertiary/aromatic N) is 6. The van der Waals surface area contributed by atoms with Crippen molar-refractivity contribution in [2.45, 2.75) is 31.6 Å². The molecule has 33 heavy (non-hydrogen) atoms. The van der Waals surface area contributed by atoms with E-state index in [-0.39, 0.29) is 10.0 Å². The van der Waals surface area contributed by atoms with Crippen molar-refractivity contribution in [2.75, 3.05) is 39.8 Å². The molecule has 2 aromatic heterocycles. The van der Waals surface area contributed by atoms with Gasteiger partial charge in [-0.15, -0.1) is 0 Å². The van der Waals surface area contributed by atoms with Crippen LogP contribution in [-0.4, -0.2) is 77.2 Å². The van der Waals surface area contributed by atoms with Gasteiger partial charge in [-0.25, -0.2) is 18.4 Å². The minimum atomic E-state index is -3.67. The second-order valence-corrected chi connectivity index (χ2v) is 10.4. The number of sulfonamides is 1. The van der Waals surface area contributed by atoms with Crippen LogP contribution in [0.25, 0.3) is 22.4 Å². The highest BCUT2D eigenvalue weighted by atomic mass is 35.5. The summed E-state index contributed by atoms with van der Waals surface area (Å²) in [5.74, 6) is 0.822. The molecule has 0 amide bonds. The number of ether oxygens (including phenoxy) is 1. The maximum absolute atomic E-state index is 13.4. The Morgan fingerprint density at radius 1 is 1.09 bits per heavy atom. The molecule has 0 spiro atoms. The lowest BCUT2D eigenvalue weighted by atomic mass is 10.1. The number of aromatic nitrogens is 4. The number of rotatable bonds is 7. The van der Waals surface area contributed by atoms with Crippen LogP contribution in [0.1, 0.15) is 26.0 Å². The molecule has 9 nitrogen and oxygen atoms in total. The Hall–Kier alpha value is -2.27. The van der Waals surface area contributed by atoms with Crippen LogP contribution in [0.4, 0.5) is 0 Å². The summed E-state index contributed by atoms with van der Waals surface area (Å²) in [4.78, 5) is 11.6. The molecule has 0 bridgehead atoms.